The van der Waals surface area contributed by atoms with Gasteiger partial charge in [0.1, 0.15) is 17.5 Å². The van der Waals surface area contributed by atoms with Crippen LogP contribution in [0.25, 0.3) is 0 Å². The van der Waals surface area contributed by atoms with Crippen LogP contribution in [0.2, 0.25) is 0 Å². The van der Waals surface area contributed by atoms with Crippen LogP contribution in [0.5, 0.6) is 0 Å². The lowest BCUT2D eigenvalue weighted by atomic mass is 10.1. The van der Waals surface area contributed by atoms with Crippen molar-refractivity contribution in [1.82, 2.24) is 14.5 Å². The van der Waals surface area contributed by atoms with Gasteiger partial charge in [0, 0.05) is 17.6 Å². The molecule has 2 aromatic rings. The number of hydrogen-bond donors (Lipinski definition) is 1. The molecule has 2 aromatic carbocycles. The van der Waals surface area contributed by atoms with Gasteiger partial charge in [0.25, 0.3) is 15.9 Å². The minimum atomic E-state index is -4.14. The number of rotatable bonds is 8. The van der Waals surface area contributed by atoms with E-state index in [9.17, 15) is 22.8 Å². The fourth-order valence-electron chi connectivity index (χ4n) is 3.41. The molecule has 0 unspecified atom stereocenters. The normalized spacial score (nSPS) is 15.2. The molecule has 1 aliphatic rings. The minimum Gasteiger partial charge on any atom is -0.354 e. The summed E-state index contributed by atoms with van der Waals surface area (Å²) in [5, 5.41) is 2.76. The number of carbonyl (C=O) groups is 3. The highest BCUT2D eigenvalue weighted by atomic mass is 79.9. The van der Waals surface area contributed by atoms with Crippen molar-refractivity contribution in [2.24, 2.45) is 0 Å². The summed E-state index contributed by atoms with van der Waals surface area (Å²) in [7, 11) is -4.14. The lowest BCUT2D eigenvalue weighted by Crippen LogP contribution is -2.51. The third-order valence-electron chi connectivity index (χ3n) is 5.15. The topological polar surface area (TPSA) is 104 Å². The number of hydrogen-bond acceptors (Lipinski definition) is 5. The largest absolute Gasteiger partial charge is 0.354 e. The highest BCUT2D eigenvalue weighted by Crippen LogP contribution is 2.30. The Hall–Kier alpha value is -2.72. The molecule has 1 atom stereocenters. The van der Waals surface area contributed by atoms with Crippen LogP contribution in [0.3, 0.4) is 0 Å². The van der Waals surface area contributed by atoms with E-state index in [-0.39, 0.29) is 22.9 Å². The van der Waals surface area contributed by atoms with E-state index in [1.165, 1.54) is 23.1 Å². The Balaban J connectivity index is 1.88. The zero-order chi connectivity index (χ0) is 23.5. The van der Waals surface area contributed by atoms with E-state index in [0.29, 0.717) is 10.8 Å². The van der Waals surface area contributed by atoms with E-state index in [2.05, 4.69) is 21.2 Å². The van der Waals surface area contributed by atoms with Gasteiger partial charge in [-0.25, -0.2) is 12.7 Å². The van der Waals surface area contributed by atoms with Crippen LogP contribution in [-0.2, 0) is 26.2 Å². The van der Waals surface area contributed by atoms with Crippen molar-refractivity contribution >= 4 is 43.7 Å². The molecule has 3 rings (SSSR count). The van der Waals surface area contributed by atoms with Crippen molar-refractivity contribution in [3.8, 4) is 0 Å². The van der Waals surface area contributed by atoms with Gasteiger partial charge in [0.15, 0.2) is 0 Å². The molecule has 0 saturated carbocycles. The van der Waals surface area contributed by atoms with Crippen molar-refractivity contribution in [2.45, 2.75) is 37.8 Å². The predicted molar refractivity (Wildman–Crippen MR) is 122 cm³/mol. The van der Waals surface area contributed by atoms with E-state index >= 15 is 0 Å². The molecule has 32 heavy (non-hydrogen) atoms. The molecule has 1 heterocycles. The Kier molecular flexibility index (Phi) is 7.35. The number of nitrogens with one attached hydrogen (secondary N) is 1. The molecule has 0 fully saturated rings. The van der Waals surface area contributed by atoms with Crippen molar-refractivity contribution < 1.29 is 22.8 Å². The lowest BCUT2D eigenvalue weighted by Gasteiger charge is -2.30. The third kappa shape index (κ3) is 4.86. The minimum absolute atomic E-state index is 0.0348. The second-order valence-corrected chi connectivity index (χ2v) is 10.2. The summed E-state index contributed by atoms with van der Waals surface area (Å²) in [4.78, 5) is 39.7. The summed E-state index contributed by atoms with van der Waals surface area (Å²) in [6.45, 7) is 3.34. The molecule has 0 aliphatic carbocycles. The predicted octanol–water partition coefficient (Wildman–Crippen LogP) is 2.54. The van der Waals surface area contributed by atoms with E-state index in [1.807, 2.05) is 19.1 Å². The summed E-state index contributed by atoms with van der Waals surface area (Å²) in [6.07, 6.45) is 0.733. The highest BCUT2D eigenvalue weighted by Gasteiger charge is 2.43. The average molecular weight is 522 g/mol. The maximum atomic E-state index is 13.3. The van der Waals surface area contributed by atoms with Crippen LogP contribution in [0, 0.1) is 0 Å². The molecule has 1 N–H and O–H groups in total. The van der Waals surface area contributed by atoms with Gasteiger partial charge in [-0.3, -0.25) is 14.4 Å². The molecular weight excluding hydrogens is 498 g/mol. The van der Waals surface area contributed by atoms with Gasteiger partial charge in [0.05, 0.1) is 5.56 Å². The number of sulfonamides is 1. The quantitative estimate of drug-likeness (QED) is 0.574. The number of benzene rings is 2. The molecule has 170 valence electrons. The monoisotopic (exact) mass is 521 g/mol. The maximum absolute atomic E-state index is 13.3. The third-order valence-corrected chi connectivity index (χ3v) is 7.43. The summed E-state index contributed by atoms with van der Waals surface area (Å²) in [5.41, 5.74) is 0.786. The highest BCUT2D eigenvalue weighted by molar-refractivity contribution is 9.10. The summed E-state index contributed by atoms with van der Waals surface area (Å²) in [6, 6.07) is 12.2. The number of halogens is 1. The van der Waals surface area contributed by atoms with Gasteiger partial charge >= 0.3 is 0 Å². The van der Waals surface area contributed by atoms with Crippen molar-refractivity contribution in [3.63, 3.8) is 0 Å². The van der Waals surface area contributed by atoms with E-state index in [1.54, 1.807) is 25.1 Å². The second kappa shape index (κ2) is 9.83. The van der Waals surface area contributed by atoms with Gasteiger partial charge in [-0.05, 0) is 43.2 Å². The van der Waals surface area contributed by atoms with Crippen LogP contribution < -0.4 is 5.32 Å². The summed E-state index contributed by atoms with van der Waals surface area (Å²) >= 11 is 3.38. The average Bonchev–Trinajstić information content (AvgIpc) is 2.96. The first kappa shape index (κ1) is 23.9. The van der Waals surface area contributed by atoms with Crippen molar-refractivity contribution in [3.05, 3.63) is 64.1 Å². The fourth-order valence-corrected chi connectivity index (χ4v) is 5.38. The molecule has 0 aromatic heterocycles. The van der Waals surface area contributed by atoms with Crippen molar-refractivity contribution in [1.29, 1.82) is 0 Å². The number of amides is 3. The van der Waals surface area contributed by atoms with Crippen LogP contribution in [-0.4, -0.2) is 54.5 Å². The van der Waals surface area contributed by atoms with Crippen LogP contribution in [0.15, 0.2) is 57.9 Å². The maximum Gasteiger partial charge on any atom is 0.269 e. The van der Waals surface area contributed by atoms with Crippen molar-refractivity contribution in [2.75, 3.05) is 13.1 Å². The van der Waals surface area contributed by atoms with E-state index < -0.39 is 34.4 Å². The Labute approximate surface area is 195 Å². The van der Waals surface area contributed by atoms with Crippen LogP contribution in [0.4, 0.5) is 0 Å². The fraction of sp³-hybridized carbons (Fsp3) is 0.318. The molecule has 0 radical (unpaired) electrons. The van der Waals surface area contributed by atoms with Gasteiger partial charge in [-0.15, -0.1) is 0 Å². The number of fused-ring (bicyclic) bond motifs is 1. The second-order valence-electron chi connectivity index (χ2n) is 7.43. The standard InChI is InChI=1S/C22H24BrN3O5S/c1-3-11-24-21(28)15(2)25(13-16-7-6-8-17(23)12-16)20(27)14-26-22(29)18-9-4-5-10-19(18)32(26,30)31/h4-10,12,15H,3,11,13-14H2,1-2H3,(H,24,28)/t15-/m0/s1. The number of nitrogens with zero attached hydrogens (tertiary/aromatic N) is 2. The number of carbonyl (C=O) groups excluding carboxylic acids is 3. The van der Waals surface area contributed by atoms with E-state index in [0.717, 1.165) is 16.5 Å². The Bertz CT molecular complexity index is 1150. The first-order chi connectivity index (χ1) is 15.2. The Morgan fingerprint density at radius 3 is 2.53 bits per heavy atom. The Morgan fingerprint density at radius 1 is 1.16 bits per heavy atom. The molecular formula is C22H24BrN3O5S. The van der Waals surface area contributed by atoms with Gasteiger partial charge < -0.3 is 10.2 Å². The SMILES string of the molecule is CCCNC(=O)[C@H](C)N(Cc1cccc(Br)c1)C(=O)CN1C(=O)c2ccccc2S1(=O)=O. The summed E-state index contributed by atoms with van der Waals surface area (Å²) in [5.74, 6) is -1.75. The molecule has 8 nitrogen and oxygen atoms in total. The molecule has 1 aliphatic heterocycles. The van der Waals surface area contributed by atoms with Crippen LogP contribution in [0.1, 0.15) is 36.2 Å². The zero-order valence-corrected chi connectivity index (χ0v) is 20.1. The molecule has 0 spiro atoms. The first-order valence-corrected chi connectivity index (χ1v) is 12.4. The van der Waals surface area contributed by atoms with Gasteiger partial charge in [-0.1, -0.05) is 47.1 Å². The molecule has 10 heteroatoms. The van der Waals surface area contributed by atoms with E-state index in [4.69, 9.17) is 0 Å². The van der Waals surface area contributed by atoms with Crippen LogP contribution >= 0.6 is 15.9 Å². The first-order valence-electron chi connectivity index (χ1n) is 10.1. The smallest absolute Gasteiger partial charge is 0.269 e. The lowest BCUT2D eigenvalue weighted by molar-refractivity contribution is -0.140. The zero-order valence-electron chi connectivity index (χ0n) is 17.7. The Morgan fingerprint density at radius 2 is 1.88 bits per heavy atom. The summed E-state index contributed by atoms with van der Waals surface area (Å²) < 4.78 is 27.1. The van der Waals surface area contributed by atoms with Gasteiger partial charge in [0.2, 0.25) is 11.8 Å². The molecule has 0 saturated heterocycles. The van der Waals surface area contributed by atoms with Gasteiger partial charge in [-0.2, -0.15) is 0 Å². The molecule has 0 bridgehead atoms. The molecule has 3 amide bonds.